The van der Waals surface area contributed by atoms with E-state index in [4.69, 9.17) is 11.6 Å². The van der Waals surface area contributed by atoms with Gasteiger partial charge in [-0.3, -0.25) is 0 Å². The average molecular weight is 424 g/mol. The van der Waals surface area contributed by atoms with Gasteiger partial charge < -0.3 is 0 Å². The van der Waals surface area contributed by atoms with Crippen LogP contribution in [0.3, 0.4) is 0 Å². The molecule has 0 amide bonds. The third-order valence-electron chi connectivity index (χ3n) is 1.21. The Morgan fingerprint density at radius 3 is 2.23 bits per heavy atom. The molecule has 0 bridgehead atoms. The fourth-order valence-electron chi connectivity index (χ4n) is 0.740. The number of nitro groups is 1. The normalized spacial score (nSPS) is 9.77. The highest BCUT2D eigenvalue weighted by Gasteiger charge is 2.10. The summed E-state index contributed by atoms with van der Waals surface area (Å²) in [4.78, 5) is 10.2. The second kappa shape index (κ2) is 4.60. The summed E-state index contributed by atoms with van der Waals surface area (Å²) in [7, 11) is 0. The highest BCUT2D eigenvalue weighted by molar-refractivity contribution is 14.1. The highest BCUT2D eigenvalue weighted by atomic mass is 127. The Morgan fingerprint density at radius 2 is 1.85 bits per heavy atom. The summed E-state index contributed by atoms with van der Waals surface area (Å²) in [6.45, 7) is 0. The van der Waals surface area contributed by atoms with Crippen molar-refractivity contribution in [3.63, 3.8) is 0 Å². The van der Waals surface area contributed by atoms with E-state index in [1.807, 2.05) is 45.2 Å². The zero-order valence-corrected chi connectivity index (χ0v) is 11.1. The predicted octanol–water partition coefficient (Wildman–Crippen LogP) is 3.15. The largest absolute Gasteiger partial charge is 0.235 e. The van der Waals surface area contributed by atoms with E-state index in [9.17, 15) is 10.1 Å². The molecule has 0 aliphatic heterocycles. The molecular formula is C6H3ClI2N2O2. The van der Waals surface area contributed by atoms with Gasteiger partial charge in [0.1, 0.15) is 5.69 Å². The zero-order valence-electron chi connectivity index (χ0n) is 6.05. The van der Waals surface area contributed by atoms with E-state index in [1.54, 1.807) is 12.1 Å². The number of nitrogens with zero attached hydrogens (tertiary/aromatic N) is 1. The molecule has 0 aliphatic rings. The second-order valence-corrected chi connectivity index (χ2v) is 4.87. The maximum absolute atomic E-state index is 10.2. The van der Waals surface area contributed by atoms with E-state index >= 15 is 0 Å². The minimum atomic E-state index is -0.590. The molecule has 1 rings (SSSR count). The molecular weight excluding hydrogens is 421 g/mol. The van der Waals surface area contributed by atoms with Crippen molar-refractivity contribution in [2.24, 2.45) is 0 Å². The van der Waals surface area contributed by atoms with Crippen molar-refractivity contribution in [1.29, 1.82) is 0 Å². The van der Waals surface area contributed by atoms with Crippen LogP contribution in [0, 0.1) is 17.3 Å². The summed E-state index contributed by atoms with van der Waals surface area (Å²) in [6, 6.07) is 3.33. The van der Waals surface area contributed by atoms with E-state index < -0.39 is 5.03 Å². The molecule has 0 saturated heterocycles. The Hall–Kier alpha value is 0.170. The van der Waals surface area contributed by atoms with Crippen LogP contribution in [0.1, 0.15) is 0 Å². The van der Waals surface area contributed by atoms with Gasteiger partial charge in [-0.05, 0) is 57.3 Å². The zero-order chi connectivity index (χ0) is 10.0. The number of benzene rings is 1. The number of rotatable bonds is 2. The summed E-state index contributed by atoms with van der Waals surface area (Å²) in [5, 5.41) is 10.2. The third-order valence-corrected chi connectivity index (χ3v) is 3.13. The topological polar surface area (TPSA) is 55.2 Å². The van der Waals surface area contributed by atoms with Crippen molar-refractivity contribution >= 4 is 62.5 Å². The van der Waals surface area contributed by atoms with Gasteiger partial charge in [0.05, 0.1) is 0 Å². The molecule has 1 N–H and O–H groups in total. The average Bonchev–Trinajstić information content (AvgIpc) is 1.96. The maximum Gasteiger partial charge on any atom is 0.162 e. The first-order valence-electron chi connectivity index (χ1n) is 3.06. The van der Waals surface area contributed by atoms with Gasteiger partial charge in [-0.1, -0.05) is 11.6 Å². The fourth-order valence-corrected chi connectivity index (χ4v) is 3.34. The Labute approximate surface area is 106 Å². The third kappa shape index (κ3) is 3.09. The minimum Gasteiger partial charge on any atom is -0.235 e. The number of nitrogens with one attached hydrogen (secondary N) is 1. The highest BCUT2D eigenvalue weighted by Crippen LogP contribution is 2.28. The Morgan fingerprint density at radius 1 is 1.38 bits per heavy atom. The molecule has 0 aromatic heterocycles. The van der Waals surface area contributed by atoms with Gasteiger partial charge in [-0.25, -0.2) is 10.1 Å². The Balaban J connectivity index is 3.13. The smallest absolute Gasteiger partial charge is 0.162 e. The molecule has 4 nitrogen and oxygen atoms in total. The van der Waals surface area contributed by atoms with Crippen LogP contribution < -0.4 is 5.43 Å². The first kappa shape index (κ1) is 11.2. The molecule has 7 heteroatoms. The van der Waals surface area contributed by atoms with Crippen molar-refractivity contribution in [2.45, 2.75) is 0 Å². The van der Waals surface area contributed by atoms with Crippen molar-refractivity contribution in [2.75, 3.05) is 5.43 Å². The van der Waals surface area contributed by atoms with Crippen LogP contribution in [0.15, 0.2) is 12.1 Å². The van der Waals surface area contributed by atoms with E-state index in [0.29, 0.717) is 10.7 Å². The van der Waals surface area contributed by atoms with Gasteiger partial charge >= 0.3 is 0 Å². The van der Waals surface area contributed by atoms with Crippen LogP contribution in [0.4, 0.5) is 5.69 Å². The lowest BCUT2D eigenvalue weighted by atomic mass is 10.3. The van der Waals surface area contributed by atoms with Crippen molar-refractivity contribution in [3.8, 4) is 0 Å². The van der Waals surface area contributed by atoms with Gasteiger partial charge in [0.15, 0.2) is 5.03 Å². The SMILES string of the molecule is O=[N+]([O-])Nc1c(I)cc(Cl)cc1I. The van der Waals surface area contributed by atoms with E-state index in [0.717, 1.165) is 7.14 Å². The summed E-state index contributed by atoms with van der Waals surface area (Å²) >= 11 is 9.73. The number of anilines is 1. The van der Waals surface area contributed by atoms with Crippen LogP contribution in [0.5, 0.6) is 0 Å². The quantitative estimate of drug-likeness (QED) is 0.451. The molecule has 0 spiro atoms. The van der Waals surface area contributed by atoms with Gasteiger partial charge in [0, 0.05) is 12.2 Å². The van der Waals surface area contributed by atoms with E-state index in [-0.39, 0.29) is 0 Å². The van der Waals surface area contributed by atoms with Crippen molar-refractivity contribution < 1.29 is 5.03 Å². The number of hydrazine groups is 1. The van der Waals surface area contributed by atoms with Gasteiger partial charge in [-0.15, -0.1) is 5.43 Å². The molecule has 0 unspecified atom stereocenters. The molecule has 70 valence electrons. The van der Waals surface area contributed by atoms with E-state index in [2.05, 4.69) is 5.43 Å². The summed E-state index contributed by atoms with van der Waals surface area (Å²) in [5.74, 6) is 0. The summed E-state index contributed by atoms with van der Waals surface area (Å²) < 4.78 is 1.46. The van der Waals surface area contributed by atoms with E-state index in [1.165, 1.54) is 0 Å². The fraction of sp³-hybridized carbons (Fsp3) is 0. The molecule has 1 aromatic rings. The number of hydrogen-bond donors (Lipinski definition) is 1. The lowest BCUT2D eigenvalue weighted by molar-refractivity contribution is -0.445. The number of hydrogen-bond acceptors (Lipinski definition) is 2. The van der Waals surface area contributed by atoms with Gasteiger partial charge in [0.2, 0.25) is 0 Å². The lowest BCUT2D eigenvalue weighted by Crippen LogP contribution is -2.10. The summed E-state index contributed by atoms with van der Waals surface area (Å²) in [6.07, 6.45) is 0. The predicted molar refractivity (Wildman–Crippen MR) is 67.5 cm³/mol. The maximum atomic E-state index is 10.2. The molecule has 13 heavy (non-hydrogen) atoms. The second-order valence-electron chi connectivity index (χ2n) is 2.11. The number of halogens is 3. The molecule has 1 aromatic carbocycles. The van der Waals surface area contributed by atoms with Crippen LogP contribution in [-0.4, -0.2) is 5.03 Å². The first-order chi connectivity index (χ1) is 6.00. The summed E-state index contributed by atoms with van der Waals surface area (Å²) in [5.41, 5.74) is 2.60. The van der Waals surface area contributed by atoms with Gasteiger partial charge in [0.25, 0.3) is 0 Å². The van der Waals surface area contributed by atoms with Crippen LogP contribution in [0.2, 0.25) is 5.02 Å². The molecule has 0 radical (unpaired) electrons. The minimum absolute atomic E-state index is 0.482. The molecule has 0 saturated carbocycles. The van der Waals surface area contributed by atoms with Crippen LogP contribution >= 0.6 is 56.8 Å². The standard InChI is InChI=1S/C6H3ClI2N2O2/c7-3-1-4(8)6(5(9)2-3)10-11(12)13/h1-2,10H. The Kier molecular flexibility index (Phi) is 3.98. The molecule has 0 heterocycles. The molecule has 0 fully saturated rings. The van der Waals surface area contributed by atoms with Crippen molar-refractivity contribution in [1.82, 2.24) is 0 Å². The first-order valence-corrected chi connectivity index (χ1v) is 5.60. The Bertz CT molecular complexity index is 335. The molecule has 0 atom stereocenters. The van der Waals surface area contributed by atoms with Gasteiger partial charge in [-0.2, -0.15) is 0 Å². The van der Waals surface area contributed by atoms with Crippen LogP contribution in [0.25, 0.3) is 0 Å². The van der Waals surface area contributed by atoms with Crippen LogP contribution in [-0.2, 0) is 0 Å². The monoisotopic (exact) mass is 424 g/mol. The van der Waals surface area contributed by atoms with Crippen molar-refractivity contribution in [3.05, 3.63) is 34.4 Å². The molecule has 0 aliphatic carbocycles. The lowest BCUT2D eigenvalue weighted by Gasteiger charge is -2.03.